The van der Waals surface area contributed by atoms with Crippen LogP contribution < -0.4 is 5.32 Å². The van der Waals surface area contributed by atoms with Crippen LogP contribution in [0.15, 0.2) is 30.3 Å². The van der Waals surface area contributed by atoms with Crippen molar-refractivity contribution in [3.8, 4) is 0 Å². The molecule has 1 atom stereocenters. The molecule has 1 aliphatic carbocycles. The summed E-state index contributed by atoms with van der Waals surface area (Å²) in [6, 6.07) is 9.68. The van der Waals surface area contributed by atoms with Gasteiger partial charge in [0.1, 0.15) is 11.4 Å². The molecule has 154 valence electrons. The minimum Gasteiger partial charge on any atom is -0.324 e. The number of hydrogen-bond acceptors (Lipinski definition) is 3. The van der Waals surface area contributed by atoms with Crippen molar-refractivity contribution in [1.29, 1.82) is 0 Å². The first-order valence-electron chi connectivity index (χ1n) is 10.4. The van der Waals surface area contributed by atoms with Gasteiger partial charge in [0.25, 0.3) is 11.8 Å². The fourth-order valence-corrected chi connectivity index (χ4v) is 3.83. The molecule has 1 aliphatic heterocycles. The van der Waals surface area contributed by atoms with Crippen LogP contribution in [0.3, 0.4) is 0 Å². The Morgan fingerprint density at radius 3 is 2.34 bits per heavy atom. The molecular formula is C23H30N4O2. The molecule has 0 spiro atoms. The van der Waals surface area contributed by atoms with Crippen LogP contribution in [0.2, 0.25) is 0 Å². The molecule has 2 aliphatic rings. The number of benzene rings is 1. The summed E-state index contributed by atoms with van der Waals surface area (Å²) >= 11 is 0. The van der Waals surface area contributed by atoms with E-state index in [1.165, 1.54) is 18.4 Å². The predicted octanol–water partition coefficient (Wildman–Crippen LogP) is 3.84. The van der Waals surface area contributed by atoms with Gasteiger partial charge in [0.15, 0.2) is 0 Å². The van der Waals surface area contributed by atoms with Gasteiger partial charge in [-0.25, -0.2) is 0 Å². The Kier molecular flexibility index (Phi) is 4.56. The van der Waals surface area contributed by atoms with Crippen molar-refractivity contribution in [1.82, 2.24) is 14.7 Å². The molecule has 6 heteroatoms. The zero-order valence-electron chi connectivity index (χ0n) is 18.0. The summed E-state index contributed by atoms with van der Waals surface area (Å²) in [7, 11) is 1.84. The van der Waals surface area contributed by atoms with Crippen LogP contribution in [0.1, 0.15) is 74.5 Å². The van der Waals surface area contributed by atoms with Gasteiger partial charge in [-0.15, -0.1) is 0 Å². The maximum atomic E-state index is 13.1. The molecule has 1 saturated heterocycles. The number of carbonyl (C=O) groups is 2. The quantitative estimate of drug-likeness (QED) is 0.857. The molecule has 1 saturated carbocycles. The van der Waals surface area contributed by atoms with Gasteiger partial charge in [0, 0.05) is 31.1 Å². The van der Waals surface area contributed by atoms with Crippen molar-refractivity contribution >= 4 is 17.6 Å². The Morgan fingerprint density at radius 2 is 1.83 bits per heavy atom. The zero-order chi connectivity index (χ0) is 21.0. The highest BCUT2D eigenvalue weighted by molar-refractivity contribution is 6.04. The second-order valence-electron chi connectivity index (χ2n) is 9.61. The molecule has 2 fully saturated rings. The van der Waals surface area contributed by atoms with Crippen molar-refractivity contribution in [3.63, 3.8) is 0 Å². The molecule has 2 heterocycles. The number of nitrogens with zero attached hydrogens (tertiary/aromatic N) is 3. The average molecular weight is 395 g/mol. The molecule has 1 aromatic carbocycles. The Bertz CT molecular complexity index is 950. The van der Waals surface area contributed by atoms with E-state index in [4.69, 9.17) is 0 Å². The highest BCUT2D eigenvalue weighted by Gasteiger charge is 2.49. The second-order valence-corrected chi connectivity index (χ2v) is 9.61. The van der Waals surface area contributed by atoms with Crippen molar-refractivity contribution in [2.75, 3.05) is 11.9 Å². The van der Waals surface area contributed by atoms with Crippen LogP contribution in [0.25, 0.3) is 0 Å². The topological polar surface area (TPSA) is 67.2 Å². The third-order valence-corrected chi connectivity index (χ3v) is 6.29. The lowest BCUT2D eigenvalue weighted by atomic mass is 9.84. The number of hydrogen-bond donors (Lipinski definition) is 1. The van der Waals surface area contributed by atoms with E-state index in [-0.39, 0.29) is 17.2 Å². The molecule has 0 bridgehead atoms. The second kappa shape index (κ2) is 6.71. The Labute approximate surface area is 172 Å². The van der Waals surface area contributed by atoms with E-state index in [0.717, 1.165) is 5.69 Å². The van der Waals surface area contributed by atoms with Crippen LogP contribution >= 0.6 is 0 Å². The lowest BCUT2D eigenvalue weighted by Gasteiger charge is -2.49. The van der Waals surface area contributed by atoms with Gasteiger partial charge in [-0.1, -0.05) is 32.9 Å². The number of nitrogens with one attached hydrogen (secondary N) is 1. The molecule has 4 rings (SSSR count). The van der Waals surface area contributed by atoms with Gasteiger partial charge in [0.05, 0.1) is 5.69 Å². The number of anilines is 1. The van der Waals surface area contributed by atoms with Crippen LogP contribution in [-0.4, -0.2) is 38.6 Å². The number of amides is 2. The van der Waals surface area contributed by atoms with Crippen LogP contribution in [0.4, 0.5) is 5.82 Å². The summed E-state index contributed by atoms with van der Waals surface area (Å²) < 4.78 is 1.71. The summed E-state index contributed by atoms with van der Waals surface area (Å²) in [5.41, 5.74) is 2.03. The summed E-state index contributed by atoms with van der Waals surface area (Å²) in [6.45, 7) is 8.86. The normalized spacial score (nSPS) is 21.6. The summed E-state index contributed by atoms with van der Waals surface area (Å²) in [6.07, 6.45) is 2.98. The first-order chi connectivity index (χ1) is 13.6. The minimum absolute atomic E-state index is 0.0369. The smallest absolute Gasteiger partial charge is 0.254 e. The van der Waals surface area contributed by atoms with Gasteiger partial charge in [-0.3, -0.25) is 14.3 Å². The number of likely N-dealkylation sites (tertiary alicyclic amines) is 1. The SMILES string of the molecule is Cn1nc(C2CC2)cc1NC(=O)C1(C)CCN1C(=O)c1ccc(C(C)(C)C)cc1. The van der Waals surface area contributed by atoms with E-state index in [0.29, 0.717) is 30.3 Å². The molecular weight excluding hydrogens is 364 g/mol. The molecule has 1 unspecified atom stereocenters. The van der Waals surface area contributed by atoms with Crippen molar-refractivity contribution in [2.45, 2.75) is 63.8 Å². The number of aromatic nitrogens is 2. The minimum atomic E-state index is -0.843. The first kappa shape index (κ1) is 19.7. The Hall–Kier alpha value is -2.63. The van der Waals surface area contributed by atoms with E-state index in [1.54, 1.807) is 9.58 Å². The van der Waals surface area contributed by atoms with Crippen LogP contribution in [-0.2, 0) is 17.3 Å². The van der Waals surface area contributed by atoms with E-state index in [9.17, 15) is 9.59 Å². The Balaban J connectivity index is 1.48. The molecule has 6 nitrogen and oxygen atoms in total. The number of rotatable bonds is 4. The van der Waals surface area contributed by atoms with Gasteiger partial charge in [-0.05, 0) is 49.3 Å². The number of carbonyl (C=O) groups excluding carboxylic acids is 2. The van der Waals surface area contributed by atoms with Crippen LogP contribution in [0.5, 0.6) is 0 Å². The third-order valence-electron chi connectivity index (χ3n) is 6.29. The predicted molar refractivity (Wildman–Crippen MR) is 113 cm³/mol. The van der Waals surface area contributed by atoms with E-state index in [1.807, 2.05) is 44.3 Å². The molecule has 0 radical (unpaired) electrons. The van der Waals surface area contributed by atoms with E-state index >= 15 is 0 Å². The molecule has 2 aromatic rings. The maximum Gasteiger partial charge on any atom is 0.254 e. The van der Waals surface area contributed by atoms with Crippen LogP contribution in [0, 0.1) is 0 Å². The van der Waals surface area contributed by atoms with Crippen molar-refractivity contribution in [3.05, 3.63) is 47.2 Å². The first-order valence-corrected chi connectivity index (χ1v) is 10.4. The van der Waals surface area contributed by atoms with E-state index in [2.05, 4.69) is 31.2 Å². The molecule has 29 heavy (non-hydrogen) atoms. The highest BCUT2D eigenvalue weighted by Crippen LogP contribution is 2.40. The van der Waals surface area contributed by atoms with Gasteiger partial charge in [0.2, 0.25) is 0 Å². The fraction of sp³-hybridized carbons (Fsp3) is 0.522. The molecule has 1 N–H and O–H groups in total. The third kappa shape index (κ3) is 3.56. The highest BCUT2D eigenvalue weighted by atomic mass is 16.2. The lowest BCUT2D eigenvalue weighted by molar-refractivity contribution is -0.132. The van der Waals surface area contributed by atoms with Gasteiger partial charge < -0.3 is 10.2 Å². The summed E-state index contributed by atoms with van der Waals surface area (Å²) in [5, 5.41) is 7.49. The summed E-state index contributed by atoms with van der Waals surface area (Å²) in [5.74, 6) is 0.957. The largest absolute Gasteiger partial charge is 0.324 e. The lowest BCUT2D eigenvalue weighted by Crippen LogP contribution is -2.66. The fourth-order valence-electron chi connectivity index (χ4n) is 3.83. The standard InChI is InChI=1S/C23H30N4O2/c1-22(2,3)17-10-8-16(9-11-17)20(28)27-13-12-23(27,4)21(29)24-19-14-18(15-6-7-15)25-26(19)5/h8-11,14-15H,6-7,12-13H2,1-5H3,(H,24,29). The van der Waals surface area contributed by atoms with Gasteiger partial charge >= 0.3 is 0 Å². The zero-order valence-corrected chi connectivity index (χ0v) is 18.0. The monoisotopic (exact) mass is 394 g/mol. The van der Waals surface area contributed by atoms with E-state index < -0.39 is 5.54 Å². The molecule has 2 amide bonds. The van der Waals surface area contributed by atoms with Crippen molar-refractivity contribution in [2.24, 2.45) is 7.05 Å². The maximum absolute atomic E-state index is 13.1. The van der Waals surface area contributed by atoms with Gasteiger partial charge in [-0.2, -0.15) is 5.10 Å². The summed E-state index contributed by atoms with van der Waals surface area (Å²) in [4.78, 5) is 27.8. The van der Waals surface area contributed by atoms with Crippen molar-refractivity contribution < 1.29 is 9.59 Å². The number of aryl methyl sites for hydroxylation is 1. The average Bonchev–Trinajstić information content (AvgIpc) is 3.44. The Morgan fingerprint density at radius 1 is 1.17 bits per heavy atom. The molecule has 1 aromatic heterocycles.